The first kappa shape index (κ1) is 17.5. The van der Waals surface area contributed by atoms with Gasteiger partial charge in [0.1, 0.15) is 0 Å². The summed E-state index contributed by atoms with van der Waals surface area (Å²) < 4.78 is 12.1. The molecule has 25 heavy (non-hydrogen) atoms. The van der Waals surface area contributed by atoms with E-state index in [1.807, 2.05) is 0 Å². The van der Waals surface area contributed by atoms with Crippen LogP contribution in [0.2, 0.25) is 0 Å². The first-order chi connectivity index (χ1) is 12.3. The van der Waals surface area contributed by atoms with Gasteiger partial charge in [0, 0.05) is 19.6 Å². The Balaban J connectivity index is 1.24. The molecular weight excluding hydrogens is 314 g/mol. The van der Waals surface area contributed by atoms with E-state index in [-0.39, 0.29) is 11.7 Å². The van der Waals surface area contributed by atoms with Gasteiger partial charge in [-0.1, -0.05) is 43.5 Å². The van der Waals surface area contributed by atoms with Crippen LogP contribution in [0.5, 0.6) is 0 Å². The largest absolute Gasteiger partial charge is 0.389 e. The topological polar surface area (TPSA) is 41.9 Å². The molecule has 1 saturated carbocycles. The van der Waals surface area contributed by atoms with Crippen LogP contribution in [-0.4, -0.2) is 48.5 Å². The minimum absolute atomic E-state index is 0.0867. The Morgan fingerprint density at radius 3 is 2.72 bits per heavy atom. The van der Waals surface area contributed by atoms with Crippen LogP contribution in [0.25, 0.3) is 0 Å². The van der Waals surface area contributed by atoms with Crippen molar-refractivity contribution in [3.63, 3.8) is 0 Å². The highest BCUT2D eigenvalue weighted by atomic mass is 16.5. The number of β-amino-alcohol motifs (C(OH)–C–C–N with tert-alkyl or cyclic N) is 1. The molecule has 1 aromatic carbocycles. The number of ether oxygens (including phenoxy) is 2. The van der Waals surface area contributed by atoms with Crippen LogP contribution in [-0.2, 0) is 21.7 Å². The normalized spacial score (nSPS) is 25.2. The maximum Gasteiger partial charge on any atom is 0.0963 e. The van der Waals surface area contributed by atoms with Crippen molar-refractivity contribution in [2.24, 2.45) is 0 Å². The van der Waals surface area contributed by atoms with Crippen molar-refractivity contribution in [3.8, 4) is 0 Å². The lowest BCUT2D eigenvalue weighted by Crippen LogP contribution is -2.46. The second-order valence-electron chi connectivity index (χ2n) is 7.99. The maximum absolute atomic E-state index is 10.3. The third kappa shape index (κ3) is 3.92. The second-order valence-corrected chi connectivity index (χ2v) is 7.99. The Morgan fingerprint density at radius 1 is 1.16 bits per heavy atom. The molecule has 1 unspecified atom stereocenters. The number of aliphatic hydroxyl groups excluding tert-OH is 1. The third-order valence-electron chi connectivity index (χ3n) is 6.22. The number of rotatable bonds is 5. The Labute approximate surface area is 151 Å². The molecule has 4 rings (SSSR count). The van der Waals surface area contributed by atoms with Crippen molar-refractivity contribution in [1.82, 2.24) is 4.90 Å². The van der Waals surface area contributed by atoms with Gasteiger partial charge in [-0.15, -0.1) is 0 Å². The van der Waals surface area contributed by atoms with Gasteiger partial charge in [0.25, 0.3) is 0 Å². The van der Waals surface area contributed by atoms with Crippen LogP contribution in [0.1, 0.15) is 56.1 Å². The van der Waals surface area contributed by atoms with Gasteiger partial charge in [-0.3, -0.25) is 0 Å². The molecule has 1 spiro atoms. The molecule has 4 nitrogen and oxygen atoms in total. The Kier molecular flexibility index (Phi) is 5.41. The van der Waals surface area contributed by atoms with Gasteiger partial charge in [-0.05, 0) is 36.8 Å². The van der Waals surface area contributed by atoms with Gasteiger partial charge in [0.05, 0.1) is 31.0 Å². The quantitative estimate of drug-likeness (QED) is 0.890. The summed E-state index contributed by atoms with van der Waals surface area (Å²) in [6.45, 7) is 3.90. The van der Waals surface area contributed by atoms with Gasteiger partial charge in [0.2, 0.25) is 0 Å². The average Bonchev–Trinajstić information content (AvgIpc) is 3.02. The lowest BCUT2D eigenvalue weighted by atomic mass is 9.84. The molecule has 0 radical (unpaired) electrons. The van der Waals surface area contributed by atoms with E-state index in [9.17, 15) is 5.11 Å². The van der Waals surface area contributed by atoms with Crippen molar-refractivity contribution in [2.45, 2.75) is 69.4 Å². The van der Waals surface area contributed by atoms with E-state index in [2.05, 4.69) is 29.2 Å². The SMILES string of the molecule is OC(COC1CCCCC1)CN1CCC2(CC1)OCc1ccccc12. The van der Waals surface area contributed by atoms with Crippen molar-refractivity contribution in [3.05, 3.63) is 35.4 Å². The number of fused-ring (bicyclic) bond motifs is 2. The maximum atomic E-state index is 10.3. The number of aliphatic hydroxyl groups is 1. The highest BCUT2D eigenvalue weighted by Gasteiger charge is 2.42. The third-order valence-corrected chi connectivity index (χ3v) is 6.22. The molecule has 3 aliphatic rings. The van der Waals surface area contributed by atoms with Gasteiger partial charge in [-0.2, -0.15) is 0 Å². The summed E-state index contributed by atoms with van der Waals surface area (Å²) in [6.07, 6.45) is 8.23. The first-order valence-corrected chi connectivity index (χ1v) is 10.00. The van der Waals surface area contributed by atoms with Crippen LogP contribution in [0, 0.1) is 0 Å². The zero-order chi connectivity index (χ0) is 17.1. The monoisotopic (exact) mass is 345 g/mol. The van der Waals surface area contributed by atoms with Crippen molar-refractivity contribution < 1.29 is 14.6 Å². The summed E-state index contributed by atoms with van der Waals surface area (Å²) in [6, 6.07) is 8.63. The standard InChI is InChI=1S/C21H31NO3/c23-18(16-24-19-7-2-1-3-8-19)14-22-12-10-21(11-13-22)20-9-5-4-6-17(20)15-25-21/h4-6,9,18-19,23H,1-3,7-8,10-16H2. The van der Waals surface area contributed by atoms with E-state index in [1.54, 1.807) is 0 Å². The Morgan fingerprint density at radius 2 is 1.92 bits per heavy atom. The first-order valence-electron chi connectivity index (χ1n) is 10.00. The fourth-order valence-electron chi connectivity index (χ4n) is 4.72. The van der Waals surface area contributed by atoms with E-state index in [4.69, 9.17) is 9.47 Å². The lowest BCUT2D eigenvalue weighted by Gasteiger charge is -2.40. The number of hydrogen-bond acceptors (Lipinski definition) is 4. The highest BCUT2D eigenvalue weighted by Crippen LogP contribution is 2.43. The van der Waals surface area contributed by atoms with E-state index < -0.39 is 0 Å². The average molecular weight is 345 g/mol. The van der Waals surface area contributed by atoms with Crippen LogP contribution in [0.4, 0.5) is 0 Å². The molecule has 2 fully saturated rings. The molecule has 2 aliphatic heterocycles. The Hall–Kier alpha value is -0.940. The van der Waals surface area contributed by atoms with Crippen molar-refractivity contribution in [1.29, 1.82) is 0 Å². The number of nitrogens with zero attached hydrogens (tertiary/aromatic N) is 1. The lowest BCUT2D eigenvalue weighted by molar-refractivity contribution is -0.0878. The summed E-state index contributed by atoms with van der Waals surface area (Å²) in [7, 11) is 0. The Bertz CT molecular complexity index is 562. The molecule has 1 saturated heterocycles. The fourth-order valence-corrected chi connectivity index (χ4v) is 4.72. The summed E-state index contributed by atoms with van der Waals surface area (Å²) in [5.74, 6) is 0. The van der Waals surface area contributed by atoms with E-state index in [1.165, 1.54) is 30.4 Å². The fraction of sp³-hybridized carbons (Fsp3) is 0.714. The molecule has 1 aromatic rings. The zero-order valence-electron chi connectivity index (χ0n) is 15.2. The van der Waals surface area contributed by atoms with E-state index in [0.717, 1.165) is 45.4 Å². The van der Waals surface area contributed by atoms with Crippen LogP contribution < -0.4 is 0 Å². The van der Waals surface area contributed by atoms with Gasteiger partial charge in [-0.25, -0.2) is 0 Å². The highest BCUT2D eigenvalue weighted by molar-refractivity contribution is 5.35. The van der Waals surface area contributed by atoms with Crippen LogP contribution >= 0.6 is 0 Å². The van der Waals surface area contributed by atoms with Crippen LogP contribution in [0.15, 0.2) is 24.3 Å². The van der Waals surface area contributed by atoms with Crippen molar-refractivity contribution in [2.75, 3.05) is 26.2 Å². The predicted octanol–water partition coefficient (Wildman–Crippen LogP) is 3.22. The molecule has 0 bridgehead atoms. The van der Waals surface area contributed by atoms with Gasteiger partial charge < -0.3 is 19.5 Å². The molecule has 1 N–H and O–H groups in total. The number of benzene rings is 1. The number of piperidine rings is 1. The zero-order valence-corrected chi connectivity index (χ0v) is 15.2. The van der Waals surface area contributed by atoms with Crippen LogP contribution in [0.3, 0.4) is 0 Å². The van der Waals surface area contributed by atoms with Crippen molar-refractivity contribution >= 4 is 0 Å². The summed E-state index contributed by atoms with van der Waals surface area (Å²) >= 11 is 0. The van der Waals surface area contributed by atoms with Gasteiger partial charge in [0.15, 0.2) is 0 Å². The summed E-state index contributed by atoms with van der Waals surface area (Å²) in [4.78, 5) is 2.37. The smallest absolute Gasteiger partial charge is 0.0963 e. The molecular formula is C21H31NO3. The summed E-state index contributed by atoms with van der Waals surface area (Å²) in [5.41, 5.74) is 2.64. The van der Waals surface area contributed by atoms with E-state index >= 15 is 0 Å². The molecule has 0 aromatic heterocycles. The minimum atomic E-state index is -0.382. The molecule has 1 aliphatic carbocycles. The minimum Gasteiger partial charge on any atom is -0.389 e. The molecule has 4 heteroatoms. The molecule has 0 amide bonds. The molecule has 138 valence electrons. The number of hydrogen-bond donors (Lipinski definition) is 1. The molecule has 2 heterocycles. The van der Waals surface area contributed by atoms with Gasteiger partial charge >= 0.3 is 0 Å². The molecule has 1 atom stereocenters. The number of likely N-dealkylation sites (tertiary alicyclic amines) is 1. The summed E-state index contributed by atoms with van der Waals surface area (Å²) in [5, 5.41) is 10.3. The predicted molar refractivity (Wildman–Crippen MR) is 97.4 cm³/mol. The van der Waals surface area contributed by atoms with E-state index in [0.29, 0.717) is 19.3 Å². The second kappa shape index (κ2) is 7.75.